The van der Waals surface area contributed by atoms with Crippen LogP contribution in [0.3, 0.4) is 0 Å². The van der Waals surface area contributed by atoms with Gasteiger partial charge in [-0.1, -0.05) is 18.2 Å². The molecule has 0 saturated carbocycles. The van der Waals surface area contributed by atoms with E-state index in [-0.39, 0.29) is 11.9 Å². The van der Waals surface area contributed by atoms with Gasteiger partial charge in [0, 0.05) is 35.8 Å². The summed E-state index contributed by atoms with van der Waals surface area (Å²) in [6, 6.07) is 14.7. The summed E-state index contributed by atoms with van der Waals surface area (Å²) in [7, 11) is 0. The first-order valence-corrected chi connectivity index (χ1v) is 10.9. The van der Waals surface area contributed by atoms with Crippen molar-refractivity contribution in [1.29, 1.82) is 0 Å². The van der Waals surface area contributed by atoms with Gasteiger partial charge in [-0.2, -0.15) is 0 Å². The Morgan fingerprint density at radius 1 is 1.12 bits per heavy atom. The predicted molar refractivity (Wildman–Crippen MR) is 127 cm³/mol. The zero-order valence-electron chi connectivity index (χ0n) is 18.2. The van der Waals surface area contributed by atoms with Crippen molar-refractivity contribution >= 4 is 22.4 Å². The normalized spacial score (nSPS) is 16.1. The van der Waals surface area contributed by atoms with Crippen LogP contribution in [0.25, 0.3) is 39.1 Å². The molecular formula is C26H25N5O. The van der Waals surface area contributed by atoms with E-state index in [9.17, 15) is 4.79 Å². The van der Waals surface area contributed by atoms with Gasteiger partial charge in [0.05, 0.1) is 28.9 Å². The number of aromatic nitrogens is 4. The summed E-state index contributed by atoms with van der Waals surface area (Å²) in [5.41, 5.74) is 8.05. The van der Waals surface area contributed by atoms with E-state index < -0.39 is 0 Å². The number of benzene rings is 1. The van der Waals surface area contributed by atoms with E-state index in [1.807, 2.05) is 37.4 Å². The van der Waals surface area contributed by atoms with Crippen LogP contribution in [0.4, 0.5) is 0 Å². The molecule has 0 saturated heterocycles. The summed E-state index contributed by atoms with van der Waals surface area (Å²) in [5, 5.41) is 4.09. The molecule has 1 atom stereocenters. The predicted octanol–water partition coefficient (Wildman–Crippen LogP) is 5.07. The van der Waals surface area contributed by atoms with E-state index in [1.165, 1.54) is 5.57 Å². The molecule has 0 fully saturated rings. The monoisotopic (exact) mass is 423 g/mol. The average molecular weight is 424 g/mol. The van der Waals surface area contributed by atoms with E-state index in [0.29, 0.717) is 0 Å². The number of hydrogen-bond acceptors (Lipinski definition) is 4. The average Bonchev–Trinajstić information content (AvgIpc) is 3.28. The first kappa shape index (κ1) is 20.1. The highest BCUT2D eigenvalue weighted by atomic mass is 16.1. The van der Waals surface area contributed by atoms with Crippen LogP contribution >= 0.6 is 0 Å². The van der Waals surface area contributed by atoms with E-state index >= 15 is 0 Å². The lowest BCUT2D eigenvalue weighted by atomic mass is 9.90. The van der Waals surface area contributed by atoms with E-state index in [1.54, 1.807) is 13.3 Å². The number of carbonyl (C=O) groups excluding carboxylic acids is 1. The van der Waals surface area contributed by atoms with Gasteiger partial charge in [0.25, 0.3) is 0 Å². The van der Waals surface area contributed by atoms with Gasteiger partial charge in [-0.3, -0.25) is 14.8 Å². The lowest BCUT2D eigenvalue weighted by Gasteiger charge is -2.22. The zero-order valence-corrected chi connectivity index (χ0v) is 18.2. The smallest absolute Gasteiger partial charge is 0.217 e. The van der Waals surface area contributed by atoms with Gasteiger partial charge < -0.3 is 10.3 Å². The molecule has 6 nitrogen and oxygen atoms in total. The van der Waals surface area contributed by atoms with Crippen LogP contribution in [0.15, 0.2) is 61.1 Å². The lowest BCUT2D eigenvalue weighted by molar-refractivity contribution is -0.119. The Morgan fingerprint density at radius 2 is 2.00 bits per heavy atom. The molecule has 1 amide bonds. The van der Waals surface area contributed by atoms with E-state index in [4.69, 9.17) is 0 Å². The topological polar surface area (TPSA) is 83.6 Å². The van der Waals surface area contributed by atoms with E-state index in [2.05, 4.69) is 49.5 Å². The van der Waals surface area contributed by atoms with E-state index in [0.717, 1.165) is 64.1 Å². The summed E-state index contributed by atoms with van der Waals surface area (Å²) in [4.78, 5) is 28.5. The Hall–Kier alpha value is -3.80. The number of allylic oxidation sites excluding steroid dienone is 1. The number of nitrogens with zero attached hydrogens (tertiary/aromatic N) is 3. The number of H-pyrrole nitrogens is 1. The Bertz CT molecular complexity index is 1340. The molecule has 0 spiro atoms. The summed E-state index contributed by atoms with van der Waals surface area (Å²) < 4.78 is 0. The molecule has 3 heterocycles. The van der Waals surface area contributed by atoms with Gasteiger partial charge in [0.1, 0.15) is 0 Å². The van der Waals surface area contributed by atoms with Gasteiger partial charge in [-0.25, -0.2) is 4.98 Å². The number of pyridine rings is 2. The molecule has 2 N–H and O–H groups in total. The van der Waals surface area contributed by atoms with Crippen molar-refractivity contribution in [3.63, 3.8) is 0 Å². The van der Waals surface area contributed by atoms with Crippen LogP contribution in [0.2, 0.25) is 0 Å². The molecule has 6 heteroatoms. The number of aryl methyl sites for hydroxylation is 1. The minimum atomic E-state index is 0.0327. The first-order valence-electron chi connectivity index (χ1n) is 10.9. The van der Waals surface area contributed by atoms with Gasteiger partial charge in [-0.15, -0.1) is 0 Å². The Balaban J connectivity index is 1.47. The Morgan fingerprint density at radius 3 is 2.78 bits per heavy atom. The molecule has 3 aromatic heterocycles. The largest absolute Gasteiger partial charge is 0.353 e. The number of amides is 1. The fourth-order valence-corrected chi connectivity index (χ4v) is 4.36. The minimum absolute atomic E-state index is 0.0327. The van der Waals surface area contributed by atoms with Crippen LogP contribution < -0.4 is 5.32 Å². The van der Waals surface area contributed by atoms with Gasteiger partial charge in [0.2, 0.25) is 5.91 Å². The maximum absolute atomic E-state index is 11.3. The molecule has 160 valence electrons. The highest BCUT2D eigenvalue weighted by Crippen LogP contribution is 2.32. The molecule has 0 radical (unpaired) electrons. The third-order valence-electron chi connectivity index (χ3n) is 5.93. The molecular weight excluding hydrogens is 398 g/mol. The van der Waals surface area contributed by atoms with Crippen molar-refractivity contribution in [3.8, 4) is 22.6 Å². The molecule has 0 bridgehead atoms. The molecule has 32 heavy (non-hydrogen) atoms. The number of carbonyl (C=O) groups is 1. The molecule has 4 aromatic rings. The standard InChI is InChI=1S/C26H25N5O/c1-16-4-3-5-24(30-16)26-25(28-15-29-26)19-8-11-23-20(12-19)13-21(14-27-23)18-6-9-22(10-7-18)31-17(2)32/h3-6,8,11-15,22H,7,9-10H2,1-2H3,(H,28,29)(H,31,32). The number of hydrogen-bond donors (Lipinski definition) is 2. The number of aromatic amines is 1. The number of nitrogens with one attached hydrogen (secondary N) is 2. The van der Waals surface area contributed by atoms with Gasteiger partial charge >= 0.3 is 0 Å². The molecule has 0 aliphatic heterocycles. The second-order valence-corrected chi connectivity index (χ2v) is 8.32. The van der Waals surface area contributed by atoms with Crippen LogP contribution in [0, 0.1) is 6.92 Å². The SMILES string of the molecule is CC(=O)NC1CC=C(c2cnc3ccc(-c4nc[nH]c4-c4cccc(C)n4)cc3c2)CC1. The van der Waals surface area contributed by atoms with Crippen LogP contribution in [0.1, 0.15) is 37.4 Å². The fraction of sp³-hybridized carbons (Fsp3) is 0.231. The first-order chi connectivity index (χ1) is 15.6. The quantitative estimate of drug-likeness (QED) is 0.480. The molecule has 1 aromatic carbocycles. The van der Waals surface area contributed by atoms with Crippen molar-refractivity contribution in [2.24, 2.45) is 0 Å². The van der Waals surface area contributed by atoms with Crippen molar-refractivity contribution in [1.82, 2.24) is 25.3 Å². The maximum atomic E-state index is 11.3. The third-order valence-corrected chi connectivity index (χ3v) is 5.93. The molecule has 5 rings (SSSR count). The fourth-order valence-electron chi connectivity index (χ4n) is 4.36. The minimum Gasteiger partial charge on any atom is -0.353 e. The summed E-state index contributed by atoms with van der Waals surface area (Å²) in [5.74, 6) is 0.0327. The van der Waals surface area contributed by atoms with Crippen LogP contribution in [-0.4, -0.2) is 31.9 Å². The summed E-state index contributed by atoms with van der Waals surface area (Å²) in [6.45, 7) is 3.56. The molecule has 1 unspecified atom stereocenters. The second kappa shape index (κ2) is 8.38. The summed E-state index contributed by atoms with van der Waals surface area (Å²) in [6.07, 6.45) is 8.62. The Labute approximate surface area is 186 Å². The second-order valence-electron chi connectivity index (χ2n) is 8.32. The summed E-state index contributed by atoms with van der Waals surface area (Å²) >= 11 is 0. The van der Waals surface area contributed by atoms with Crippen molar-refractivity contribution in [3.05, 3.63) is 72.3 Å². The lowest BCUT2D eigenvalue weighted by Crippen LogP contribution is -2.33. The maximum Gasteiger partial charge on any atom is 0.217 e. The van der Waals surface area contributed by atoms with Crippen LogP contribution in [-0.2, 0) is 4.79 Å². The van der Waals surface area contributed by atoms with Gasteiger partial charge in [0.15, 0.2) is 0 Å². The number of fused-ring (bicyclic) bond motifs is 1. The molecule has 1 aliphatic rings. The van der Waals surface area contributed by atoms with Crippen LogP contribution in [0.5, 0.6) is 0 Å². The Kier molecular flexibility index (Phi) is 5.27. The molecule has 1 aliphatic carbocycles. The number of imidazole rings is 1. The highest BCUT2D eigenvalue weighted by molar-refractivity contribution is 5.88. The number of rotatable bonds is 4. The van der Waals surface area contributed by atoms with Crippen molar-refractivity contribution in [2.75, 3.05) is 0 Å². The van der Waals surface area contributed by atoms with Crippen molar-refractivity contribution in [2.45, 2.75) is 39.2 Å². The highest BCUT2D eigenvalue weighted by Gasteiger charge is 2.17. The third kappa shape index (κ3) is 4.04. The van der Waals surface area contributed by atoms with Gasteiger partial charge in [-0.05, 0) is 67.7 Å². The van der Waals surface area contributed by atoms with Crippen molar-refractivity contribution < 1.29 is 4.79 Å². The zero-order chi connectivity index (χ0) is 22.1.